The number of rotatable bonds is 7. The highest BCUT2D eigenvalue weighted by molar-refractivity contribution is 5.28. The normalized spacial score (nSPS) is 18.6. The Balaban J connectivity index is 2.01. The van der Waals surface area contributed by atoms with Crippen molar-refractivity contribution in [2.45, 2.75) is 44.7 Å². The summed E-state index contributed by atoms with van der Waals surface area (Å²) in [6.07, 6.45) is 5.36. The number of methoxy groups -OCH3 is 1. The lowest BCUT2D eigenvalue weighted by atomic mass is 9.76. The molecular weight excluding hydrogens is 248 g/mol. The van der Waals surface area contributed by atoms with Gasteiger partial charge in [-0.3, -0.25) is 4.90 Å². The summed E-state index contributed by atoms with van der Waals surface area (Å²) in [5, 5.41) is 0. The van der Waals surface area contributed by atoms with Crippen LogP contribution in [-0.2, 0) is 6.54 Å². The van der Waals surface area contributed by atoms with E-state index in [2.05, 4.69) is 31.0 Å². The van der Waals surface area contributed by atoms with Crippen LogP contribution in [0, 0.1) is 5.92 Å². The minimum absolute atomic E-state index is 0.0914. The number of nitrogens with zero attached hydrogens (tertiary/aromatic N) is 1. The average molecular weight is 276 g/mol. The third-order valence-corrected chi connectivity index (χ3v) is 4.87. The van der Waals surface area contributed by atoms with Gasteiger partial charge < -0.3 is 10.5 Å². The standard InChI is InChI=1S/C17H28N2O/c1-17(13-18,11-14-6-4-7-14)19(2)12-15-8-5-9-16(10-15)20-3/h5,8-10,14H,4,6-7,11-13,18H2,1-3H3. The first-order valence-corrected chi connectivity index (χ1v) is 7.61. The molecule has 2 N–H and O–H groups in total. The smallest absolute Gasteiger partial charge is 0.119 e. The van der Waals surface area contributed by atoms with E-state index in [4.69, 9.17) is 10.5 Å². The predicted molar refractivity (Wildman–Crippen MR) is 83.9 cm³/mol. The van der Waals surface area contributed by atoms with Crippen molar-refractivity contribution in [2.24, 2.45) is 11.7 Å². The van der Waals surface area contributed by atoms with Gasteiger partial charge >= 0.3 is 0 Å². The van der Waals surface area contributed by atoms with E-state index in [1.807, 2.05) is 12.1 Å². The van der Waals surface area contributed by atoms with Crippen LogP contribution >= 0.6 is 0 Å². The van der Waals surface area contributed by atoms with E-state index in [9.17, 15) is 0 Å². The monoisotopic (exact) mass is 276 g/mol. The molecule has 0 aromatic heterocycles. The van der Waals surface area contributed by atoms with Gasteiger partial charge in [0.2, 0.25) is 0 Å². The molecule has 0 heterocycles. The van der Waals surface area contributed by atoms with Gasteiger partial charge in [-0.1, -0.05) is 31.4 Å². The highest BCUT2D eigenvalue weighted by Gasteiger charge is 2.33. The summed E-state index contributed by atoms with van der Waals surface area (Å²) < 4.78 is 5.30. The maximum Gasteiger partial charge on any atom is 0.119 e. The molecule has 0 spiro atoms. The van der Waals surface area contributed by atoms with Crippen molar-refractivity contribution in [2.75, 3.05) is 20.7 Å². The number of nitrogens with two attached hydrogens (primary N) is 1. The third-order valence-electron chi connectivity index (χ3n) is 4.87. The van der Waals surface area contributed by atoms with Crippen molar-refractivity contribution in [1.82, 2.24) is 4.90 Å². The van der Waals surface area contributed by atoms with Crippen LogP contribution in [-0.4, -0.2) is 31.1 Å². The summed E-state index contributed by atoms with van der Waals surface area (Å²) in [5.74, 6) is 1.79. The first kappa shape index (κ1) is 15.3. The van der Waals surface area contributed by atoms with E-state index in [0.717, 1.165) is 18.2 Å². The van der Waals surface area contributed by atoms with E-state index in [1.54, 1.807) is 7.11 Å². The molecule has 1 aromatic carbocycles. The highest BCUT2D eigenvalue weighted by Crippen LogP contribution is 2.35. The Kier molecular flexibility index (Phi) is 5.06. The second-order valence-corrected chi connectivity index (χ2v) is 6.41. The summed E-state index contributed by atoms with van der Waals surface area (Å²) in [7, 11) is 3.90. The zero-order chi connectivity index (χ0) is 14.6. The maximum absolute atomic E-state index is 6.08. The first-order chi connectivity index (χ1) is 9.57. The average Bonchev–Trinajstić information content (AvgIpc) is 2.42. The summed E-state index contributed by atoms with van der Waals surface area (Å²) >= 11 is 0. The van der Waals surface area contributed by atoms with Gasteiger partial charge in [-0.2, -0.15) is 0 Å². The van der Waals surface area contributed by atoms with Gasteiger partial charge in [0.05, 0.1) is 7.11 Å². The fourth-order valence-corrected chi connectivity index (χ4v) is 2.95. The SMILES string of the molecule is COc1cccc(CN(C)C(C)(CN)CC2CCC2)c1. The van der Waals surface area contributed by atoms with Crippen molar-refractivity contribution in [3.63, 3.8) is 0 Å². The number of hydrogen-bond donors (Lipinski definition) is 1. The molecular formula is C17H28N2O. The molecule has 1 aliphatic rings. The van der Waals surface area contributed by atoms with Gasteiger partial charge in [0.1, 0.15) is 5.75 Å². The fraction of sp³-hybridized carbons (Fsp3) is 0.647. The Bertz CT molecular complexity index is 431. The van der Waals surface area contributed by atoms with Crippen LogP contribution in [0.25, 0.3) is 0 Å². The van der Waals surface area contributed by atoms with Crippen LogP contribution in [0.5, 0.6) is 5.75 Å². The summed E-state index contributed by atoms with van der Waals surface area (Å²) in [4.78, 5) is 2.40. The number of ether oxygens (including phenoxy) is 1. The van der Waals surface area contributed by atoms with Crippen molar-refractivity contribution in [1.29, 1.82) is 0 Å². The Hall–Kier alpha value is -1.06. The molecule has 1 aliphatic carbocycles. The van der Waals surface area contributed by atoms with Gasteiger partial charge in [-0.05, 0) is 44.0 Å². The third kappa shape index (κ3) is 3.53. The van der Waals surface area contributed by atoms with Crippen molar-refractivity contribution >= 4 is 0 Å². The quantitative estimate of drug-likeness (QED) is 0.832. The Morgan fingerprint density at radius 2 is 2.15 bits per heavy atom. The second-order valence-electron chi connectivity index (χ2n) is 6.41. The minimum Gasteiger partial charge on any atom is -0.497 e. The van der Waals surface area contributed by atoms with E-state index in [-0.39, 0.29) is 5.54 Å². The molecule has 0 aliphatic heterocycles. The van der Waals surface area contributed by atoms with Crippen LogP contribution in [0.2, 0.25) is 0 Å². The summed E-state index contributed by atoms with van der Waals surface area (Å²) in [6, 6.07) is 8.30. The Labute approximate surface area is 123 Å². The summed E-state index contributed by atoms with van der Waals surface area (Å²) in [6.45, 7) is 3.92. The molecule has 0 amide bonds. The molecule has 112 valence electrons. The van der Waals surface area contributed by atoms with Crippen molar-refractivity contribution < 1.29 is 4.74 Å². The van der Waals surface area contributed by atoms with E-state index >= 15 is 0 Å². The fourth-order valence-electron chi connectivity index (χ4n) is 2.95. The number of hydrogen-bond acceptors (Lipinski definition) is 3. The second kappa shape index (κ2) is 6.59. The van der Waals surface area contributed by atoms with Crippen LogP contribution in [0.15, 0.2) is 24.3 Å². The lowest BCUT2D eigenvalue weighted by Gasteiger charge is -2.42. The van der Waals surface area contributed by atoms with Crippen molar-refractivity contribution in [3.8, 4) is 5.75 Å². The van der Waals surface area contributed by atoms with Crippen LogP contribution < -0.4 is 10.5 Å². The number of benzene rings is 1. The molecule has 1 aromatic rings. The van der Waals surface area contributed by atoms with Gasteiger partial charge in [-0.25, -0.2) is 0 Å². The molecule has 0 saturated heterocycles. The molecule has 0 bridgehead atoms. The van der Waals surface area contributed by atoms with Gasteiger partial charge in [0.15, 0.2) is 0 Å². The van der Waals surface area contributed by atoms with Crippen LogP contribution in [0.4, 0.5) is 0 Å². The lowest BCUT2D eigenvalue weighted by Crippen LogP contribution is -2.51. The molecule has 3 heteroatoms. The lowest BCUT2D eigenvalue weighted by molar-refractivity contribution is 0.0856. The molecule has 1 atom stereocenters. The van der Waals surface area contributed by atoms with Gasteiger partial charge in [-0.15, -0.1) is 0 Å². The topological polar surface area (TPSA) is 38.5 Å². The van der Waals surface area contributed by atoms with Crippen LogP contribution in [0.3, 0.4) is 0 Å². The molecule has 1 unspecified atom stereocenters. The Morgan fingerprint density at radius 3 is 2.70 bits per heavy atom. The first-order valence-electron chi connectivity index (χ1n) is 7.61. The van der Waals surface area contributed by atoms with Crippen LogP contribution in [0.1, 0.15) is 38.2 Å². The highest BCUT2D eigenvalue weighted by atomic mass is 16.5. The zero-order valence-electron chi connectivity index (χ0n) is 13.1. The minimum atomic E-state index is 0.0914. The van der Waals surface area contributed by atoms with E-state index < -0.39 is 0 Å². The van der Waals surface area contributed by atoms with Gasteiger partial charge in [0, 0.05) is 18.6 Å². The molecule has 0 radical (unpaired) electrons. The predicted octanol–water partition coefficient (Wildman–Crippen LogP) is 3.03. The molecule has 3 nitrogen and oxygen atoms in total. The molecule has 1 saturated carbocycles. The van der Waals surface area contributed by atoms with E-state index in [1.165, 1.54) is 31.2 Å². The number of likely N-dealkylation sites (N-methyl/N-ethyl adjacent to an activating group) is 1. The maximum atomic E-state index is 6.08. The largest absolute Gasteiger partial charge is 0.497 e. The van der Waals surface area contributed by atoms with E-state index in [0.29, 0.717) is 6.54 Å². The summed E-state index contributed by atoms with van der Waals surface area (Å²) in [5.41, 5.74) is 7.45. The molecule has 1 fully saturated rings. The molecule has 20 heavy (non-hydrogen) atoms. The van der Waals surface area contributed by atoms with Gasteiger partial charge in [0.25, 0.3) is 0 Å². The molecule has 2 rings (SSSR count). The zero-order valence-corrected chi connectivity index (χ0v) is 13.1. The van der Waals surface area contributed by atoms with Crippen molar-refractivity contribution in [3.05, 3.63) is 29.8 Å². The Morgan fingerprint density at radius 1 is 1.40 bits per heavy atom.